The second kappa shape index (κ2) is 5.50. The first-order valence-electron chi connectivity index (χ1n) is 7.03. The molecule has 94 valence electrons. The third-order valence-electron chi connectivity index (χ3n) is 4.74. The number of hydrogen-bond acceptors (Lipinski definition) is 2. The molecular weight excluding hydrogens is 198 g/mol. The van der Waals surface area contributed by atoms with Gasteiger partial charge in [-0.15, -0.1) is 0 Å². The van der Waals surface area contributed by atoms with Gasteiger partial charge in [-0.1, -0.05) is 19.8 Å². The second-order valence-corrected chi connectivity index (χ2v) is 5.91. The Morgan fingerprint density at radius 1 is 1.31 bits per heavy atom. The van der Waals surface area contributed by atoms with Gasteiger partial charge in [-0.25, -0.2) is 0 Å². The molecule has 1 N–H and O–H groups in total. The molecule has 2 rings (SSSR count). The summed E-state index contributed by atoms with van der Waals surface area (Å²) in [5, 5.41) is 3.55. The predicted octanol–water partition coefficient (Wildman–Crippen LogP) is 3.11. The van der Waals surface area contributed by atoms with Crippen LogP contribution in [-0.4, -0.2) is 25.8 Å². The lowest BCUT2D eigenvalue weighted by Gasteiger charge is -2.34. The highest BCUT2D eigenvalue weighted by atomic mass is 16.5. The molecular formula is C14H27NO. The molecule has 1 saturated carbocycles. The summed E-state index contributed by atoms with van der Waals surface area (Å²) in [5.74, 6) is 0. The summed E-state index contributed by atoms with van der Waals surface area (Å²) >= 11 is 0. The summed E-state index contributed by atoms with van der Waals surface area (Å²) < 4.78 is 5.72. The summed E-state index contributed by atoms with van der Waals surface area (Å²) in [4.78, 5) is 0. The third-order valence-corrected chi connectivity index (χ3v) is 4.74. The van der Waals surface area contributed by atoms with Gasteiger partial charge in [-0.05, 0) is 51.0 Å². The largest absolute Gasteiger partial charge is 0.378 e. The van der Waals surface area contributed by atoms with Gasteiger partial charge in [0.25, 0.3) is 0 Å². The van der Waals surface area contributed by atoms with Crippen molar-refractivity contribution in [2.45, 2.75) is 70.4 Å². The van der Waals surface area contributed by atoms with Gasteiger partial charge >= 0.3 is 0 Å². The highest BCUT2D eigenvalue weighted by Crippen LogP contribution is 2.42. The third kappa shape index (κ3) is 2.78. The van der Waals surface area contributed by atoms with Crippen LogP contribution in [0.25, 0.3) is 0 Å². The molecule has 1 aliphatic heterocycles. The molecule has 0 aromatic heterocycles. The average Bonchev–Trinajstić information content (AvgIpc) is 2.91. The molecule has 16 heavy (non-hydrogen) atoms. The number of rotatable bonds is 5. The van der Waals surface area contributed by atoms with E-state index in [-0.39, 0.29) is 0 Å². The molecule has 1 aliphatic carbocycles. The van der Waals surface area contributed by atoms with Crippen LogP contribution in [0, 0.1) is 5.41 Å². The normalized spacial score (nSPS) is 30.8. The van der Waals surface area contributed by atoms with Gasteiger partial charge in [0, 0.05) is 12.6 Å². The zero-order chi connectivity index (χ0) is 11.4. The zero-order valence-corrected chi connectivity index (χ0v) is 10.9. The Bertz CT molecular complexity index is 205. The molecule has 0 aromatic rings. The molecule has 0 bridgehead atoms. The highest BCUT2D eigenvalue weighted by molar-refractivity contribution is 4.91. The molecule has 0 aromatic carbocycles. The predicted molar refractivity (Wildman–Crippen MR) is 67.6 cm³/mol. The van der Waals surface area contributed by atoms with Crippen molar-refractivity contribution in [3.8, 4) is 0 Å². The summed E-state index contributed by atoms with van der Waals surface area (Å²) in [6.45, 7) is 3.46. The maximum Gasteiger partial charge on any atom is 0.0576 e. The van der Waals surface area contributed by atoms with Crippen molar-refractivity contribution in [1.29, 1.82) is 0 Å². The first-order chi connectivity index (χ1) is 7.74. The first-order valence-corrected chi connectivity index (χ1v) is 7.03. The van der Waals surface area contributed by atoms with Gasteiger partial charge in [0.1, 0.15) is 0 Å². The maximum atomic E-state index is 5.72. The molecule has 2 atom stereocenters. The van der Waals surface area contributed by atoms with Gasteiger partial charge < -0.3 is 10.1 Å². The Hall–Kier alpha value is -0.0800. The molecule has 1 saturated heterocycles. The van der Waals surface area contributed by atoms with E-state index in [9.17, 15) is 0 Å². The van der Waals surface area contributed by atoms with Crippen molar-refractivity contribution in [2.24, 2.45) is 5.41 Å². The van der Waals surface area contributed by atoms with Gasteiger partial charge in [0.15, 0.2) is 0 Å². The van der Waals surface area contributed by atoms with Crippen LogP contribution in [-0.2, 0) is 4.74 Å². The standard InChI is InChI=1S/C14H27NO/c1-14(9-3-4-10-14)13(15-2)8-7-12-6-5-11-16-12/h12-13,15H,3-11H2,1-2H3. The quantitative estimate of drug-likeness (QED) is 0.776. The number of ether oxygens (including phenoxy) is 1. The van der Waals surface area contributed by atoms with Crippen molar-refractivity contribution in [1.82, 2.24) is 5.32 Å². The van der Waals surface area contributed by atoms with Crippen molar-refractivity contribution >= 4 is 0 Å². The lowest BCUT2D eigenvalue weighted by Crippen LogP contribution is -2.40. The van der Waals surface area contributed by atoms with Crippen LogP contribution in [0.5, 0.6) is 0 Å². The van der Waals surface area contributed by atoms with E-state index in [2.05, 4.69) is 19.3 Å². The van der Waals surface area contributed by atoms with Crippen LogP contribution in [0.4, 0.5) is 0 Å². The molecule has 0 amide bonds. The summed E-state index contributed by atoms with van der Waals surface area (Å²) in [6.07, 6.45) is 11.3. The molecule has 2 unspecified atom stereocenters. The Morgan fingerprint density at radius 2 is 2.06 bits per heavy atom. The topological polar surface area (TPSA) is 21.3 Å². The van der Waals surface area contributed by atoms with Crippen LogP contribution in [0.2, 0.25) is 0 Å². The Kier molecular flexibility index (Phi) is 4.26. The van der Waals surface area contributed by atoms with Crippen molar-refractivity contribution in [3.05, 3.63) is 0 Å². The monoisotopic (exact) mass is 225 g/mol. The summed E-state index contributed by atoms with van der Waals surface area (Å²) in [7, 11) is 2.13. The van der Waals surface area contributed by atoms with E-state index in [0.29, 0.717) is 17.6 Å². The molecule has 0 radical (unpaired) electrons. The summed E-state index contributed by atoms with van der Waals surface area (Å²) in [6, 6.07) is 0.694. The van der Waals surface area contributed by atoms with E-state index >= 15 is 0 Å². The van der Waals surface area contributed by atoms with Crippen LogP contribution in [0.3, 0.4) is 0 Å². The molecule has 2 aliphatic rings. The Labute approximate surface area is 100 Å². The molecule has 2 heteroatoms. The van der Waals surface area contributed by atoms with Crippen LogP contribution < -0.4 is 5.32 Å². The first kappa shape index (κ1) is 12.4. The fourth-order valence-electron chi connectivity index (χ4n) is 3.60. The zero-order valence-electron chi connectivity index (χ0n) is 10.9. The lowest BCUT2D eigenvalue weighted by atomic mass is 9.78. The highest BCUT2D eigenvalue weighted by Gasteiger charge is 2.36. The van der Waals surface area contributed by atoms with E-state index in [4.69, 9.17) is 4.74 Å². The van der Waals surface area contributed by atoms with Crippen molar-refractivity contribution < 1.29 is 4.74 Å². The Morgan fingerprint density at radius 3 is 2.62 bits per heavy atom. The minimum atomic E-state index is 0.549. The number of hydrogen-bond donors (Lipinski definition) is 1. The van der Waals surface area contributed by atoms with Crippen LogP contribution in [0.1, 0.15) is 58.3 Å². The van der Waals surface area contributed by atoms with E-state index in [1.54, 1.807) is 0 Å². The summed E-state index contributed by atoms with van der Waals surface area (Å²) in [5.41, 5.74) is 0.549. The number of nitrogens with one attached hydrogen (secondary N) is 1. The minimum absolute atomic E-state index is 0.549. The lowest BCUT2D eigenvalue weighted by molar-refractivity contribution is 0.0920. The fourth-order valence-corrected chi connectivity index (χ4v) is 3.60. The molecule has 2 fully saturated rings. The molecule has 2 nitrogen and oxygen atoms in total. The van der Waals surface area contributed by atoms with Crippen LogP contribution >= 0.6 is 0 Å². The molecule has 0 spiro atoms. The SMILES string of the molecule is CNC(CCC1CCCO1)C1(C)CCCC1. The van der Waals surface area contributed by atoms with E-state index in [1.165, 1.54) is 51.4 Å². The van der Waals surface area contributed by atoms with Gasteiger partial charge in [-0.2, -0.15) is 0 Å². The van der Waals surface area contributed by atoms with Gasteiger partial charge in [0.2, 0.25) is 0 Å². The van der Waals surface area contributed by atoms with Crippen LogP contribution in [0.15, 0.2) is 0 Å². The van der Waals surface area contributed by atoms with E-state index in [1.807, 2.05) is 0 Å². The molecule has 1 heterocycles. The smallest absolute Gasteiger partial charge is 0.0576 e. The average molecular weight is 225 g/mol. The van der Waals surface area contributed by atoms with Crippen molar-refractivity contribution in [3.63, 3.8) is 0 Å². The van der Waals surface area contributed by atoms with Gasteiger partial charge in [-0.3, -0.25) is 0 Å². The van der Waals surface area contributed by atoms with Gasteiger partial charge in [0.05, 0.1) is 6.10 Å². The Balaban J connectivity index is 1.80. The minimum Gasteiger partial charge on any atom is -0.378 e. The van der Waals surface area contributed by atoms with E-state index in [0.717, 1.165) is 6.61 Å². The second-order valence-electron chi connectivity index (χ2n) is 5.91. The fraction of sp³-hybridized carbons (Fsp3) is 1.00. The maximum absolute atomic E-state index is 5.72. The van der Waals surface area contributed by atoms with E-state index < -0.39 is 0 Å². The van der Waals surface area contributed by atoms with Crippen molar-refractivity contribution in [2.75, 3.05) is 13.7 Å².